The molecule has 0 aromatic heterocycles. The molecule has 74 valence electrons. The predicted molar refractivity (Wildman–Crippen MR) is 52.0 cm³/mol. The summed E-state index contributed by atoms with van der Waals surface area (Å²) >= 11 is 5.68. The van der Waals surface area contributed by atoms with Gasteiger partial charge in [-0.3, -0.25) is 9.59 Å². The van der Waals surface area contributed by atoms with E-state index in [2.05, 4.69) is 31.9 Å². The number of carboxylic acids is 2. The van der Waals surface area contributed by atoms with Crippen LogP contribution in [0.15, 0.2) is 0 Å². The van der Waals surface area contributed by atoms with Gasteiger partial charge in [-0.1, -0.05) is 31.9 Å². The maximum absolute atomic E-state index is 9.65. The largest absolute Gasteiger partial charge is 0.480 e. The van der Waals surface area contributed by atoms with Crippen LogP contribution >= 0.6 is 31.9 Å². The summed E-state index contributed by atoms with van der Waals surface area (Å²) in [5, 5.41) is 15.9. The van der Waals surface area contributed by atoms with Crippen LogP contribution < -0.4 is 0 Å². The Morgan fingerprint density at radius 2 is 1.08 bits per heavy atom. The van der Waals surface area contributed by atoms with Crippen LogP contribution in [0.4, 0.5) is 0 Å². The SMILES string of the molecule is CC(Br)C(=O)O.CC(Br)C(=O)O.[Zn]. The molecular weight excluding hydrogens is 361 g/mol. The molecule has 0 aliphatic rings. The summed E-state index contributed by atoms with van der Waals surface area (Å²) in [6.07, 6.45) is 0. The Hall–Kier alpha value is 0.523. The van der Waals surface area contributed by atoms with E-state index in [9.17, 15) is 9.59 Å². The van der Waals surface area contributed by atoms with Crippen molar-refractivity contribution in [1.82, 2.24) is 0 Å². The van der Waals surface area contributed by atoms with E-state index in [1.54, 1.807) is 13.8 Å². The molecule has 0 saturated heterocycles. The normalized spacial score (nSPS) is 12.6. The Morgan fingerprint density at radius 1 is 1.00 bits per heavy atom. The zero-order chi connectivity index (χ0) is 10.3. The van der Waals surface area contributed by atoms with Crippen molar-refractivity contribution in [3.05, 3.63) is 0 Å². The van der Waals surface area contributed by atoms with Crippen molar-refractivity contribution in [2.75, 3.05) is 0 Å². The third-order valence-corrected chi connectivity index (χ3v) is 1.46. The van der Waals surface area contributed by atoms with Crippen molar-refractivity contribution >= 4 is 43.8 Å². The summed E-state index contributed by atoms with van der Waals surface area (Å²) in [5.74, 6) is -1.65. The summed E-state index contributed by atoms with van der Waals surface area (Å²) in [6, 6.07) is 0. The van der Waals surface area contributed by atoms with Gasteiger partial charge < -0.3 is 10.2 Å². The fourth-order valence-corrected chi connectivity index (χ4v) is 0. The Balaban J connectivity index is -0.000000143. The first-order valence-electron chi connectivity index (χ1n) is 3.02. The molecule has 4 nitrogen and oxygen atoms in total. The van der Waals surface area contributed by atoms with E-state index < -0.39 is 21.6 Å². The Morgan fingerprint density at radius 3 is 1.08 bits per heavy atom. The smallest absolute Gasteiger partial charge is 0.316 e. The molecule has 0 aromatic rings. The number of carboxylic acid groups (broad SMARTS) is 2. The number of halogens is 2. The standard InChI is InChI=1S/2C3H5BrO2.Zn/c2*1-2(4)3(5)6;/h2*2H,1H3,(H,5,6);. The molecule has 0 heterocycles. The second kappa shape index (κ2) is 10.6. The van der Waals surface area contributed by atoms with E-state index in [1.165, 1.54) is 0 Å². The average Bonchev–Trinajstić information content (AvgIpc) is 1.88. The van der Waals surface area contributed by atoms with Crippen molar-refractivity contribution < 1.29 is 39.3 Å². The van der Waals surface area contributed by atoms with Crippen LogP contribution in [0.2, 0.25) is 0 Å². The number of carbonyl (C=O) groups is 2. The molecule has 2 N–H and O–H groups in total. The fraction of sp³-hybridized carbons (Fsp3) is 0.667. The van der Waals surface area contributed by atoms with E-state index in [0.717, 1.165) is 0 Å². The molecule has 0 saturated carbocycles. The van der Waals surface area contributed by atoms with Gasteiger partial charge in [0.05, 0.1) is 0 Å². The van der Waals surface area contributed by atoms with Crippen molar-refractivity contribution in [3.63, 3.8) is 0 Å². The minimum atomic E-state index is -0.824. The monoisotopic (exact) mass is 368 g/mol. The van der Waals surface area contributed by atoms with Crippen molar-refractivity contribution in [2.45, 2.75) is 23.5 Å². The number of hydrogen-bond donors (Lipinski definition) is 2. The summed E-state index contributed by atoms with van der Waals surface area (Å²) in [7, 11) is 0. The minimum absolute atomic E-state index is 0. The van der Waals surface area contributed by atoms with E-state index in [1.807, 2.05) is 0 Å². The number of rotatable bonds is 2. The molecule has 13 heavy (non-hydrogen) atoms. The van der Waals surface area contributed by atoms with Crippen molar-refractivity contribution in [3.8, 4) is 0 Å². The van der Waals surface area contributed by atoms with Gasteiger partial charge in [-0.2, -0.15) is 0 Å². The van der Waals surface area contributed by atoms with Gasteiger partial charge in [-0.15, -0.1) is 0 Å². The second-order valence-corrected chi connectivity index (χ2v) is 4.66. The van der Waals surface area contributed by atoms with Gasteiger partial charge in [-0.05, 0) is 13.8 Å². The van der Waals surface area contributed by atoms with Crippen molar-refractivity contribution in [2.24, 2.45) is 0 Å². The van der Waals surface area contributed by atoms with Crippen LogP contribution in [-0.2, 0) is 29.1 Å². The number of aliphatic carboxylic acids is 2. The minimum Gasteiger partial charge on any atom is -0.480 e. The first-order valence-corrected chi connectivity index (χ1v) is 4.86. The molecule has 7 heteroatoms. The van der Waals surface area contributed by atoms with E-state index >= 15 is 0 Å². The van der Waals surface area contributed by atoms with Gasteiger partial charge in [0.2, 0.25) is 0 Å². The van der Waals surface area contributed by atoms with E-state index in [4.69, 9.17) is 10.2 Å². The van der Waals surface area contributed by atoms with Gasteiger partial charge in [-0.25, -0.2) is 0 Å². The Bertz CT molecular complexity index is 143. The molecule has 0 aliphatic carbocycles. The summed E-state index contributed by atoms with van der Waals surface area (Å²) in [6.45, 7) is 3.12. The average molecular weight is 371 g/mol. The van der Waals surface area contributed by atoms with Crippen LogP contribution in [0, 0.1) is 0 Å². The predicted octanol–water partition coefficient (Wildman–Crippen LogP) is 1.71. The van der Waals surface area contributed by atoms with Crippen LogP contribution in [0.1, 0.15) is 13.8 Å². The van der Waals surface area contributed by atoms with Crippen LogP contribution in [0.5, 0.6) is 0 Å². The Labute approximate surface area is 106 Å². The molecular formula is C6H10Br2O4Zn. The van der Waals surface area contributed by atoms with Gasteiger partial charge in [0.25, 0.3) is 0 Å². The maximum atomic E-state index is 9.65. The van der Waals surface area contributed by atoms with E-state index in [-0.39, 0.29) is 19.5 Å². The zero-order valence-electron chi connectivity index (χ0n) is 7.33. The van der Waals surface area contributed by atoms with E-state index in [0.29, 0.717) is 0 Å². The number of alkyl halides is 2. The molecule has 0 aromatic carbocycles. The molecule has 0 rings (SSSR count). The molecule has 0 fully saturated rings. The molecule has 0 spiro atoms. The molecule has 0 bridgehead atoms. The third kappa shape index (κ3) is 19.1. The Kier molecular flexibility index (Phi) is 15.6. The third-order valence-electron chi connectivity index (χ3n) is 0.681. The van der Waals surface area contributed by atoms with Gasteiger partial charge in [0, 0.05) is 19.5 Å². The summed E-state index contributed by atoms with van der Waals surface area (Å²) in [4.78, 5) is 18.5. The quantitative estimate of drug-likeness (QED) is 0.573. The maximum Gasteiger partial charge on any atom is 0.316 e. The second-order valence-electron chi connectivity index (χ2n) is 1.91. The number of hydrogen-bond acceptors (Lipinski definition) is 2. The van der Waals surface area contributed by atoms with Crippen LogP contribution in [0.25, 0.3) is 0 Å². The molecule has 0 amide bonds. The van der Waals surface area contributed by atoms with Gasteiger partial charge >= 0.3 is 11.9 Å². The molecule has 2 unspecified atom stereocenters. The van der Waals surface area contributed by atoms with Crippen LogP contribution in [0.3, 0.4) is 0 Å². The molecule has 0 radical (unpaired) electrons. The van der Waals surface area contributed by atoms with Crippen molar-refractivity contribution in [1.29, 1.82) is 0 Å². The van der Waals surface area contributed by atoms with Gasteiger partial charge in [0.15, 0.2) is 0 Å². The topological polar surface area (TPSA) is 74.6 Å². The molecule has 2 atom stereocenters. The first kappa shape index (κ1) is 19.2. The summed E-state index contributed by atoms with van der Waals surface area (Å²) < 4.78 is 0. The zero-order valence-corrected chi connectivity index (χ0v) is 13.5. The summed E-state index contributed by atoms with van der Waals surface area (Å²) in [5.41, 5.74) is 0. The fourth-order valence-electron chi connectivity index (χ4n) is 0. The van der Waals surface area contributed by atoms with Gasteiger partial charge in [0.1, 0.15) is 9.65 Å². The first-order chi connectivity index (χ1) is 5.29. The van der Waals surface area contributed by atoms with Crippen LogP contribution in [-0.4, -0.2) is 31.8 Å². The molecule has 0 aliphatic heterocycles.